The lowest BCUT2D eigenvalue weighted by molar-refractivity contribution is 0.0599. The molecule has 4 N–H and O–H groups in total. The van der Waals surface area contributed by atoms with E-state index in [9.17, 15) is 18.7 Å². The van der Waals surface area contributed by atoms with Gasteiger partial charge >= 0.3 is 0 Å². The molecule has 5 nitrogen and oxygen atoms in total. The molecule has 2 rings (SSSR count). The van der Waals surface area contributed by atoms with Gasteiger partial charge in [0, 0.05) is 12.1 Å². The van der Waals surface area contributed by atoms with Gasteiger partial charge in [-0.1, -0.05) is 12.8 Å². The lowest BCUT2D eigenvalue weighted by atomic mass is 10.1. The number of nitrogens with one attached hydrogen (secondary N) is 1. The zero-order valence-electron chi connectivity index (χ0n) is 11.6. The lowest BCUT2D eigenvalue weighted by Crippen LogP contribution is -2.42. The third-order valence-electron chi connectivity index (χ3n) is 3.78. The van der Waals surface area contributed by atoms with Crippen molar-refractivity contribution in [3.63, 3.8) is 0 Å². The lowest BCUT2D eigenvalue weighted by Gasteiger charge is -2.28. The van der Waals surface area contributed by atoms with Gasteiger partial charge in [-0.15, -0.1) is 0 Å². The largest absolute Gasteiger partial charge is 0.394 e. The van der Waals surface area contributed by atoms with Gasteiger partial charge in [0.1, 0.15) is 5.69 Å². The number of amides is 1. The number of carbonyl (C=O) groups is 1. The summed E-state index contributed by atoms with van der Waals surface area (Å²) in [6.45, 7) is 0.323. The van der Waals surface area contributed by atoms with Crippen LogP contribution < -0.4 is 11.3 Å². The summed E-state index contributed by atoms with van der Waals surface area (Å²) in [5.41, 5.74) is 1.37. The molecule has 7 heteroatoms. The Morgan fingerprint density at radius 2 is 2.00 bits per heavy atom. The molecule has 0 aromatic heterocycles. The maximum absolute atomic E-state index is 13.7. The minimum atomic E-state index is -0.920. The predicted octanol–water partition coefficient (Wildman–Crippen LogP) is 1.63. The topological polar surface area (TPSA) is 78.6 Å². The SMILES string of the molecule is NNc1c(F)cc(C(=O)N2CCCCCC2CO)cc1F. The van der Waals surface area contributed by atoms with Crippen molar-refractivity contribution in [2.45, 2.75) is 31.7 Å². The number of hydrogen-bond acceptors (Lipinski definition) is 4. The predicted molar refractivity (Wildman–Crippen MR) is 74.5 cm³/mol. The van der Waals surface area contributed by atoms with E-state index in [0.29, 0.717) is 13.0 Å². The van der Waals surface area contributed by atoms with E-state index in [1.165, 1.54) is 4.90 Å². The van der Waals surface area contributed by atoms with Gasteiger partial charge in [-0.2, -0.15) is 0 Å². The summed E-state index contributed by atoms with van der Waals surface area (Å²) in [5.74, 6) is 2.71. The Balaban J connectivity index is 2.29. The molecule has 1 atom stereocenters. The number of nitrogen functional groups attached to an aromatic ring is 1. The monoisotopic (exact) mass is 299 g/mol. The third-order valence-corrected chi connectivity index (χ3v) is 3.78. The molecular weight excluding hydrogens is 280 g/mol. The maximum Gasteiger partial charge on any atom is 0.254 e. The van der Waals surface area contributed by atoms with Gasteiger partial charge < -0.3 is 15.4 Å². The van der Waals surface area contributed by atoms with Crippen molar-refractivity contribution < 1.29 is 18.7 Å². The van der Waals surface area contributed by atoms with Crippen molar-refractivity contribution in [1.82, 2.24) is 4.90 Å². The van der Waals surface area contributed by atoms with Crippen molar-refractivity contribution in [3.05, 3.63) is 29.3 Å². The number of nitrogens with zero attached hydrogens (tertiary/aromatic N) is 1. The normalized spacial score (nSPS) is 19.2. The van der Waals surface area contributed by atoms with Gasteiger partial charge in [-0.3, -0.25) is 10.6 Å². The van der Waals surface area contributed by atoms with E-state index < -0.39 is 23.2 Å². The van der Waals surface area contributed by atoms with Gasteiger partial charge in [-0.05, 0) is 25.0 Å². The number of anilines is 1. The molecule has 0 spiro atoms. The molecule has 0 bridgehead atoms. The maximum atomic E-state index is 13.7. The summed E-state index contributed by atoms with van der Waals surface area (Å²) in [6, 6.07) is 1.61. The molecule has 0 aliphatic carbocycles. The summed E-state index contributed by atoms with van der Waals surface area (Å²) in [5, 5.41) is 9.41. The van der Waals surface area contributed by atoms with Crippen molar-refractivity contribution in [3.8, 4) is 0 Å². The Morgan fingerprint density at radius 1 is 1.33 bits per heavy atom. The molecule has 1 aromatic rings. The Hall–Kier alpha value is -1.73. The molecule has 0 radical (unpaired) electrons. The van der Waals surface area contributed by atoms with E-state index in [1.54, 1.807) is 0 Å². The average molecular weight is 299 g/mol. The second-order valence-corrected chi connectivity index (χ2v) is 5.14. The smallest absolute Gasteiger partial charge is 0.254 e. The van der Waals surface area contributed by atoms with E-state index in [0.717, 1.165) is 31.4 Å². The second kappa shape index (κ2) is 6.82. The molecule has 1 aromatic carbocycles. The molecule has 21 heavy (non-hydrogen) atoms. The van der Waals surface area contributed by atoms with Crippen LogP contribution in [0.5, 0.6) is 0 Å². The molecule has 0 saturated carbocycles. The quantitative estimate of drug-likeness (QED) is 0.585. The molecule has 1 amide bonds. The molecule has 1 fully saturated rings. The molecule has 1 aliphatic rings. The summed E-state index contributed by atoms with van der Waals surface area (Å²) < 4.78 is 27.4. The first kappa shape index (κ1) is 15.7. The highest BCUT2D eigenvalue weighted by atomic mass is 19.1. The van der Waals surface area contributed by atoms with Gasteiger partial charge in [0.25, 0.3) is 5.91 Å². The summed E-state index contributed by atoms with van der Waals surface area (Å²) in [7, 11) is 0. The van der Waals surface area contributed by atoms with Crippen LogP contribution in [-0.2, 0) is 0 Å². The van der Waals surface area contributed by atoms with Crippen LogP contribution >= 0.6 is 0 Å². The van der Waals surface area contributed by atoms with Crippen LogP contribution in [0, 0.1) is 11.6 Å². The summed E-state index contributed by atoms with van der Waals surface area (Å²) in [4.78, 5) is 14.0. The number of aliphatic hydroxyl groups excluding tert-OH is 1. The second-order valence-electron chi connectivity index (χ2n) is 5.14. The number of hydrazine groups is 1. The van der Waals surface area contributed by atoms with E-state index in [2.05, 4.69) is 0 Å². The van der Waals surface area contributed by atoms with E-state index in [4.69, 9.17) is 5.84 Å². The van der Waals surface area contributed by atoms with E-state index in [1.807, 2.05) is 5.43 Å². The number of halogens is 2. The zero-order chi connectivity index (χ0) is 15.4. The van der Waals surface area contributed by atoms with Gasteiger partial charge in [0.2, 0.25) is 0 Å². The molecule has 1 heterocycles. The Bertz CT molecular complexity index is 502. The number of aliphatic hydroxyl groups is 1. The molecule has 116 valence electrons. The number of nitrogens with two attached hydrogens (primary N) is 1. The highest BCUT2D eigenvalue weighted by Crippen LogP contribution is 2.23. The standard InChI is InChI=1S/C14H19F2N3O2/c15-11-6-9(7-12(16)13(11)18-17)14(21)19-5-3-1-2-4-10(19)8-20/h6-7,10,18,20H,1-5,8,17H2. The van der Waals surface area contributed by atoms with Crippen LogP contribution in [0.1, 0.15) is 36.0 Å². The fourth-order valence-corrected chi connectivity index (χ4v) is 2.63. The molecule has 1 unspecified atom stereocenters. The minimum absolute atomic E-state index is 0.0793. The first-order valence-corrected chi connectivity index (χ1v) is 6.96. The third kappa shape index (κ3) is 3.30. The number of likely N-dealkylation sites (tertiary alicyclic amines) is 1. The fraction of sp³-hybridized carbons (Fsp3) is 0.500. The van der Waals surface area contributed by atoms with E-state index >= 15 is 0 Å². The summed E-state index contributed by atoms with van der Waals surface area (Å²) in [6.07, 6.45) is 3.40. The van der Waals surface area contributed by atoms with Crippen LogP contribution in [0.3, 0.4) is 0 Å². The van der Waals surface area contributed by atoms with Crippen molar-refractivity contribution in [2.24, 2.45) is 5.84 Å². The van der Waals surface area contributed by atoms with Crippen LogP contribution in [0.25, 0.3) is 0 Å². The number of rotatable bonds is 3. The average Bonchev–Trinajstić information content (AvgIpc) is 2.71. The highest BCUT2D eigenvalue weighted by Gasteiger charge is 2.27. The Kier molecular flexibility index (Phi) is 5.08. The van der Waals surface area contributed by atoms with Crippen molar-refractivity contribution >= 4 is 11.6 Å². The van der Waals surface area contributed by atoms with Gasteiger partial charge in [0.05, 0.1) is 12.6 Å². The van der Waals surface area contributed by atoms with Crippen LogP contribution in [0.2, 0.25) is 0 Å². The van der Waals surface area contributed by atoms with Crippen LogP contribution in [0.15, 0.2) is 12.1 Å². The number of benzene rings is 1. The Labute approximate surface area is 121 Å². The first-order valence-electron chi connectivity index (χ1n) is 6.96. The minimum Gasteiger partial charge on any atom is -0.394 e. The van der Waals surface area contributed by atoms with Gasteiger partial charge in [-0.25, -0.2) is 8.78 Å². The van der Waals surface area contributed by atoms with Crippen molar-refractivity contribution in [1.29, 1.82) is 0 Å². The zero-order valence-corrected chi connectivity index (χ0v) is 11.6. The number of hydrogen-bond donors (Lipinski definition) is 3. The van der Waals surface area contributed by atoms with Crippen LogP contribution in [-0.4, -0.2) is 35.1 Å². The molecular formula is C14H19F2N3O2. The number of carbonyl (C=O) groups excluding carboxylic acids is 1. The van der Waals surface area contributed by atoms with Crippen LogP contribution in [0.4, 0.5) is 14.5 Å². The van der Waals surface area contributed by atoms with Gasteiger partial charge in [0.15, 0.2) is 11.6 Å². The Morgan fingerprint density at radius 3 is 2.57 bits per heavy atom. The highest BCUT2D eigenvalue weighted by molar-refractivity contribution is 5.95. The molecule has 1 aliphatic heterocycles. The van der Waals surface area contributed by atoms with Crippen molar-refractivity contribution in [2.75, 3.05) is 18.6 Å². The molecule has 1 saturated heterocycles. The van der Waals surface area contributed by atoms with E-state index in [-0.39, 0.29) is 18.2 Å². The fourth-order valence-electron chi connectivity index (χ4n) is 2.63. The first-order chi connectivity index (χ1) is 10.1. The summed E-state index contributed by atoms with van der Waals surface area (Å²) >= 11 is 0.